The van der Waals surface area contributed by atoms with Crippen LogP contribution >= 0.6 is 11.6 Å². The fourth-order valence-corrected chi connectivity index (χ4v) is 4.77. The van der Waals surface area contributed by atoms with E-state index >= 15 is 4.39 Å². The number of fused-ring (bicyclic) bond motifs is 1. The second-order valence-corrected chi connectivity index (χ2v) is 9.64. The number of hydrogen-bond acceptors (Lipinski definition) is 6. The molecule has 2 aliphatic rings. The third-order valence-electron chi connectivity index (χ3n) is 6.49. The maximum atomic E-state index is 15.2. The second-order valence-electron chi connectivity index (χ2n) is 9.24. The predicted molar refractivity (Wildman–Crippen MR) is 126 cm³/mol. The smallest absolute Gasteiger partial charge is 0.575 e. The van der Waals surface area contributed by atoms with Crippen LogP contribution in [0.3, 0.4) is 0 Å². The number of benzene rings is 1. The van der Waals surface area contributed by atoms with E-state index in [4.69, 9.17) is 16.3 Å². The molecule has 1 saturated carbocycles. The number of halogens is 4. The van der Waals surface area contributed by atoms with E-state index in [-0.39, 0.29) is 59.9 Å². The zero-order valence-electron chi connectivity index (χ0n) is 19.5. The van der Waals surface area contributed by atoms with Crippen molar-refractivity contribution in [1.29, 1.82) is 0 Å². The Labute approximate surface area is 224 Å². The molecule has 3 atom stereocenters. The van der Waals surface area contributed by atoms with Crippen LogP contribution in [0.15, 0.2) is 18.3 Å². The topological polar surface area (TPSA) is 85.1 Å². The minimum atomic E-state index is -2.85. The fourth-order valence-electron chi connectivity index (χ4n) is 4.57. The van der Waals surface area contributed by atoms with E-state index in [1.807, 2.05) is 20.3 Å². The quantitative estimate of drug-likeness (QED) is 0.302. The third-order valence-corrected chi connectivity index (χ3v) is 6.77. The van der Waals surface area contributed by atoms with Crippen LogP contribution in [0.5, 0.6) is 0 Å². The van der Waals surface area contributed by atoms with Crippen LogP contribution in [-0.4, -0.2) is 49.3 Å². The Morgan fingerprint density at radius 2 is 2.08 bits per heavy atom. The third kappa shape index (κ3) is 4.99. The van der Waals surface area contributed by atoms with Crippen LogP contribution in [0.2, 0.25) is 5.02 Å². The second kappa shape index (κ2) is 10.5. The van der Waals surface area contributed by atoms with Gasteiger partial charge in [-0.05, 0) is 38.5 Å². The molecule has 194 valence electrons. The number of imidazole rings is 1. The normalized spacial score (nSPS) is 23.7. The minimum absolute atomic E-state index is 0. The summed E-state index contributed by atoms with van der Waals surface area (Å²) in [6.07, 6.45) is 3.01. The molecule has 36 heavy (non-hydrogen) atoms. The van der Waals surface area contributed by atoms with Gasteiger partial charge in [-0.2, -0.15) is 13.0 Å². The molecule has 3 aromatic rings. The molecule has 5 rings (SSSR count). The largest absolute Gasteiger partial charge is 2.00 e. The number of nitrogens with one attached hydrogen (secondary N) is 1. The molecule has 1 aliphatic heterocycles. The summed E-state index contributed by atoms with van der Waals surface area (Å²) < 4.78 is 50.6. The standard InChI is InChI=1S/C24H25ClF3N5O2.Ru/c1-12(2)33-18-9-13(8-16(26)21(18)31-22(33)14-5-6-24(14,27)28)20-15(25)10-29-23(32-20)30-17-4-3-7-35-11-19(17)34;/h3,8-12,14,17,19,34H,4-7H2,1-2H3,(H,29,30,32);/q-2;+2/t14?,17-,19-;/m1./s1. The van der Waals surface area contributed by atoms with E-state index in [1.54, 1.807) is 10.6 Å². The van der Waals surface area contributed by atoms with Crippen LogP contribution < -0.4 is 5.32 Å². The van der Waals surface area contributed by atoms with Gasteiger partial charge >= 0.3 is 19.5 Å². The molecular weight excluding hydrogens is 584 g/mol. The molecule has 0 bridgehead atoms. The van der Waals surface area contributed by atoms with Gasteiger partial charge in [-0.15, -0.1) is 6.61 Å². The summed E-state index contributed by atoms with van der Waals surface area (Å²) in [6, 6.07) is 2.28. The predicted octanol–water partition coefficient (Wildman–Crippen LogP) is 5.30. The monoisotopic (exact) mass is 609 g/mol. The molecule has 0 spiro atoms. The van der Waals surface area contributed by atoms with E-state index < -0.39 is 29.8 Å². The van der Waals surface area contributed by atoms with Crippen molar-refractivity contribution in [3.8, 4) is 11.3 Å². The number of aliphatic hydroxyl groups excluding tert-OH is 1. The first-order chi connectivity index (χ1) is 16.7. The Bertz CT molecular complexity index is 1260. The molecule has 12 heteroatoms. The van der Waals surface area contributed by atoms with Crippen molar-refractivity contribution in [2.45, 2.75) is 63.1 Å². The van der Waals surface area contributed by atoms with Gasteiger partial charge in [0.2, 0.25) is 5.95 Å². The van der Waals surface area contributed by atoms with Crippen LogP contribution in [-0.2, 0) is 24.2 Å². The van der Waals surface area contributed by atoms with Gasteiger partial charge in [0.25, 0.3) is 5.92 Å². The maximum Gasteiger partial charge on any atom is 2.00 e. The van der Waals surface area contributed by atoms with Gasteiger partial charge in [0, 0.05) is 24.1 Å². The van der Waals surface area contributed by atoms with Crippen LogP contribution in [0.25, 0.3) is 22.3 Å². The summed E-state index contributed by atoms with van der Waals surface area (Å²) >= 11 is 6.38. The van der Waals surface area contributed by atoms with Crippen molar-refractivity contribution in [3.05, 3.63) is 48.0 Å². The van der Waals surface area contributed by atoms with Gasteiger partial charge in [-0.3, -0.25) is 0 Å². The number of ether oxygens (including phenoxy) is 1. The van der Waals surface area contributed by atoms with Crippen molar-refractivity contribution in [3.63, 3.8) is 0 Å². The maximum absolute atomic E-state index is 15.2. The van der Waals surface area contributed by atoms with E-state index in [0.29, 0.717) is 30.5 Å². The molecule has 2 aromatic heterocycles. The van der Waals surface area contributed by atoms with E-state index in [9.17, 15) is 13.9 Å². The number of aromatic nitrogens is 4. The molecule has 1 saturated heterocycles. The van der Waals surface area contributed by atoms with Gasteiger partial charge in [-0.25, -0.2) is 28.1 Å². The summed E-state index contributed by atoms with van der Waals surface area (Å²) in [5.74, 6) is -4.15. The molecule has 7 nitrogen and oxygen atoms in total. The van der Waals surface area contributed by atoms with Gasteiger partial charge in [0.1, 0.15) is 11.3 Å². The molecule has 2 fully saturated rings. The van der Waals surface area contributed by atoms with Crippen molar-refractivity contribution in [1.82, 2.24) is 19.5 Å². The number of aliphatic hydroxyl groups is 1. The number of rotatable bonds is 5. The van der Waals surface area contributed by atoms with Crippen LogP contribution in [0, 0.1) is 18.8 Å². The molecule has 1 unspecified atom stereocenters. The molecule has 0 amide bonds. The van der Waals surface area contributed by atoms with Gasteiger partial charge in [-0.1, -0.05) is 11.6 Å². The first-order valence-corrected chi connectivity index (χ1v) is 11.9. The number of hydrogen-bond donors (Lipinski definition) is 2. The van der Waals surface area contributed by atoms with Crippen molar-refractivity contribution >= 4 is 28.6 Å². The molecule has 1 aliphatic carbocycles. The Kier molecular flexibility index (Phi) is 7.96. The average molecular weight is 609 g/mol. The minimum Gasteiger partial charge on any atom is -0.575 e. The average Bonchev–Trinajstić information content (AvgIpc) is 3.05. The first-order valence-electron chi connectivity index (χ1n) is 11.5. The Morgan fingerprint density at radius 3 is 2.75 bits per heavy atom. The Balaban J connectivity index is 0.00000304. The van der Waals surface area contributed by atoms with Crippen molar-refractivity contribution in [2.75, 3.05) is 11.9 Å². The summed E-state index contributed by atoms with van der Waals surface area (Å²) in [5.41, 5.74) is 1.07. The van der Waals surface area contributed by atoms with Crippen molar-refractivity contribution < 1.29 is 42.5 Å². The SMILES string of the molecule is CC(C)n1c(C2CCC2(F)F)nc2c(F)cc(-c3nc(N[C@@H]4C[CH-]CO[CH-][C@H]4O)ncc3Cl)cc21.[Ru+2]. The van der Waals surface area contributed by atoms with Crippen LogP contribution in [0.4, 0.5) is 19.1 Å². The number of anilines is 1. The summed E-state index contributed by atoms with van der Waals surface area (Å²) in [6.45, 7) is 5.43. The summed E-state index contributed by atoms with van der Waals surface area (Å²) in [5, 5.41) is 13.5. The van der Waals surface area contributed by atoms with Crippen molar-refractivity contribution in [2.24, 2.45) is 0 Å². The first kappa shape index (κ1) is 27.2. The summed E-state index contributed by atoms with van der Waals surface area (Å²) in [4.78, 5) is 13.0. The van der Waals surface area contributed by atoms with Gasteiger partial charge in [0.15, 0.2) is 5.82 Å². The number of alkyl halides is 2. The Morgan fingerprint density at radius 1 is 1.31 bits per heavy atom. The molecule has 2 N–H and O–H groups in total. The van der Waals surface area contributed by atoms with E-state index in [0.717, 1.165) is 0 Å². The fraction of sp³-hybridized carbons (Fsp3) is 0.458. The molecule has 1 aromatic carbocycles. The van der Waals surface area contributed by atoms with E-state index in [1.165, 1.54) is 18.9 Å². The van der Waals surface area contributed by atoms with Gasteiger partial charge in [0.05, 0.1) is 28.3 Å². The Hall–Kier alpha value is -1.81. The zero-order chi connectivity index (χ0) is 24.9. The summed E-state index contributed by atoms with van der Waals surface area (Å²) in [7, 11) is 0. The molecule has 3 heterocycles. The molecular formula is C24H25ClF3N5O2Ru. The van der Waals surface area contributed by atoms with Crippen LogP contribution in [0.1, 0.15) is 50.9 Å². The number of nitrogens with zero attached hydrogens (tertiary/aromatic N) is 4. The van der Waals surface area contributed by atoms with Gasteiger partial charge < -0.3 is 26.1 Å². The zero-order valence-corrected chi connectivity index (χ0v) is 22.0. The molecule has 0 radical (unpaired) electrons. The van der Waals surface area contributed by atoms with E-state index in [2.05, 4.69) is 20.3 Å².